The van der Waals surface area contributed by atoms with Gasteiger partial charge in [0.15, 0.2) is 0 Å². The van der Waals surface area contributed by atoms with Crippen molar-refractivity contribution < 1.29 is 28.6 Å². The molecule has 0 spiro atoms. The number of esters is 1. The Morgan fingerprint density at radius 2 is 1.48 bits per heavy atom. The van der Waals surface area contributed by atoms with Gasteiger partial charge < -0.3 is 19.5 Å². The number of nitrogens with zero attached hydrogens (tertiary/aromatic N) is 1. The highest BCUT2D eigenvalue weighted by molar-refractivity contribution is 6.39. The lowest BCUT2D eigenvalue weighted by Gasteiger charge is -2.06. The van der Waals surface area contributed by atoms with E-state index in [-0.39, 0.29) is 0 Å². The topological polar surface area (TPSA) is 115 Å². The van der Waals surface area contributed by atoms with Crippen LogP contribution in [0.5, 0.6) is 17.2 Å². The number of hydrazone groups is 1. The second kappa shape index (κ2) is 11.1. The van der Waals surface area contributed by atoms with Crippen LogP contribution in [0, 0.1) is 0 Å². The Kier molecular flexibility index (Phi) is 7.74. The summed E-state index contributed by atoms with van der Waals surface area (Å²) in [4.78, 5) is 36.3. The summed E-state index contributed by atoms with van der Waals surface area (Å²) in [6.45, 7) is 0. The van der Waals surface area contributed by atoms with Crippen LogP contribution in [0.2, 0.25) is 0 Å². The fraction of sp³-hybridized carbons (Fsp3) is 0.0833. The van der Waals surface area contributed by atoms with E-state index in [1.54, 1.807) is 72.8 Å². The van der Waals surface area contributed by atoms with E-state index in [0.29, 0.717) is 34.1 Å². The normalized spacial score (nSPS) is 10.4. The number of nitrogens with one attached hydrogen (secondary N) is 2. The van der Waals surface area contributed by atoms with Crippen molar-refractivity contribution in [3.05, 3.63) is 83.9 Å². The molecule has 0 aliphatic rings. The largest absolute Gasteiger partial charge is 0.497 e. The van der Waals surface area contributed by atoms with Crippen molar-refractivity contribution in [2.24, 2.45) is 5.10 Å². The maximum absolute atomic E-state index is 12.3. The first-order valence-corrected chi connectivity index (χ1v) is 9.73. The van der Waals surface area contributed by atoms with Gasteiger partial charge in [-0.25, -0.2) is 10.2 Å². The van der Waals surface area contributed by atoms with E-state index in [1.807, 2.05) is 0 Å². The SMILES string of the molecule is COc1ccc(C(=O)Oc2cccc(/C=N/NC(=O)C(=O)Nc3cccc(OC)c3)c2)cc1. The molecule has 9 heteroatoms. The Morgan fingerprint density at radius 3 is 2.21 bits per heavy atom. The quantitative estimate of drug-likeness (QED) is 0.189. The zero-order chi connectivity index (χ0) is 23.6. The summed E-state index contributed by atoms with van der Waals surface area (Å²) < 4.78 is 15.5. The van der Waals surface area contributed by atoms with Crippen LogP contribution in [0.15, 0.2) is 77.9 Å². The summed E-state index contributed by atoms with van der Waals surface area (Å²) in [5.74, 6) is -0.905. The van der Waals surface area contributed by atoms with Gasteiger partial charge in [-0.05, 0) is 54.1 Å². The molecule has 0 atom stereocenters. The van der Waals surface area contributed by atoms with Crippen LogP contribution >= 0.6 is 0 Å². The molecule has 3 rings (SSSR count). The van der Waals surface area contributed by atoms with E-state index in [4.69, 9.17) is 14.2 Å². The summed E-state index contributed by atoms with van der Waals surface area (Å²) >= 11 is 0. The molecule has 3 aromatic carbocycles. The molecule has 0 fully saturated rings. The monoisotopic (exact) mass is 447 g/mol. The molecule has 0 saturated heterocycles. The van der Waals surface area contributed by atoms with E-state index in [1.165, 1.54) is 20.4 Å². The second-order valence-electron chi connectivity index (χ2n) is 6.58. The smallest absolute Gasteiger partial charge is 0.343 e. The number of hydrogen-bond acceptors (Lipinski definition) is 7. The lowest BCUT2D eigenvalue weighted by atomic mass is 10.2. The first kappa shape index (κ1) is 23.0. The van der Waals surface area contributed by atoms with Crippen molar-refractivity contribution in [1.29, 1.82) is 0 Å². The molecule has 2 N–H and O–H groups in total. The predicted octanol–water partition coefficient (Wildman–Crippen LogP) is 3.01. The second-order valence-corrected chi connectivity index (χ2v) is 6.58. The first-order chi connectivity index (χ1) is 16.0. The molecular weight excluding hydrogens is 426 g/mol. The van der Waals surface area contributed by atoms with Gasteiger partial charge in [0, 0.05) is 11.8 Å². The number of methoxy groups -OCH3 is 2. The zero-order valence-corrected chi connectivity index (χ0v) is 17.9. The van der Waals surface area contributed by atoms with Gasteiger partial charge in [-0.1, -0.05) is 18.2 Å². The van der Waals surface area contributed by atoms with Gasteiger partial charge in [-0.3, -0.25) is 9.59 Å². The minimum absolute atomic E-state index is 0.293. The molecule has 0 aromatic heterocycles. The summed E-state index contributed by atoms with van der Waals surface area (Å²) in [5.41, 5.74) is 3.46. The average Bonchev–Trinajstić information content (AvgIpc) is 2.84. The van der Waals surface area contributed by atoms with E-state index < -0.39 is 17.8 Å². The Bertz CT molecular complexity index is 1170. The predicted molar refractivity (Wildman–Crippen MR) is 122 cm³/mol. The molecule has 2 amide bonds. The number of benzene rings is 3. The maximum atomic E-state index is 12.3. The highest BCUT2D eigenvalue weighted by Crippen LogP contribution is 2.17. The molecule has 0 radical (unpaired) electrons. The minimum atomic E-state index is -0.948. The Labute approximate surface area is 190 Å². The van der Waals surface area contributed by atoms with Crippen LogP contribution < -0.4 is 25.0 Å². The molecule has 0 saturated carbocycles. The fourth-order valence-electron chi connectivity index (χ4n) is 2.66. The molecule has 0 aliphatic carbocycles. The summed E-state index contributed by atoms with van der Waals surface area (Å²) in [6, 6.07) is 19.6. The van der Waals surface area contributed by atoms with E-state index in [0.717, 1.165) is 0 Å². The molecule has 168 valence electrons. The third-order valence-corrected chi connectivity index (χ3v) is 4.31. The Hall–Kier alpha value is -4.66. The van der Waals surface area contributed by atoms with Crippen LogP contribution in [-0.2, 0) is 9.59 Å². The van der Waals surface area contributed by atoms with Crippen molar-refractivity contribution >= 4 is 29.7 Å². The van der Waals surface area contributed by atoms with Gasteiger partial charge in [0.25, 0.3) is 0 Å². The number of anilines is 1. The maximum Gasteiger partial charge on any atom is 0.343 e. The van der Waals surface area contributed by atoms with Crippen molar-refractivity contribution in [2.75, 3.05) is 19.5 Å². The van der Waals surface area contributed by atoms with Crippen LogP contribution in [0.1, 0.15) is 15.9 Å². The number of carbonyl (C=O) groups excluding carboxylic acids is 3. The Balaban J connectivity index is 1.55. The minimum Gasteiger partial charge on any atom is -0.497 e. The van der Waals surface area contributed by atoms with Crippen molar-refractivity contribution in [3.63, 3.8) is 0 Å². The third kappa shape index (κ3) is 6.66. The van der Waals surface area contributed by atoms with E-state index in [9.17, 15) is 14.4 Å². The number of carbonyl (C=O) groups is 3. The molecule has 0 bridgehead atoms. The van der Waals surface area contributed by atoms with Gasteiger partial charge in [-0.2, -0.15) is 5.10 Å². The highest BCUT2D eigenvalue weighted by Gasteiger charge is 2.13. The lowest BCUT2D eigenvalue weighted by Crippen LogP contribution is -2.32. The van der Waals surface area contributed by atoms with Gasteiger partial charge in [0.1, 0.15) is 17.2 Å². The summed E-state index contributed by atoms with van der Waals surface area (Å²) in [5, 5.41) is 6.22. The van der Waals surface area contributed by atoms with Crippen molar-refractivity contribution in [2.45, 2.75) is 0 Å². The van der Waals surface area contributed by atoms with Gasteiger partial charge >= 0.3 is 17.8 Å². The van der Waals surface area contributed by atoms with Crippen LogP contribution in [0.4, 0.5) is 5.69 Å². The highest BCUT2D eigenvalue weighted by atomic mass is 16.5. The van der Waals surface area contributed by atoms with Gasteiger partial charge in [0.05, 0.1) is 26.0 Å². The van der Waals surface area contributed by atoms with E-state index in [2.05, 4.69) is 15.8 Å². The van der Waals surface area contributed by atoms with Gasteiger partial charge in [0.2, 0.25) is 0 Å². The molecule has 3 aromatic rings. The first-order valence-electron chi connectivity index (χ1n) is 9.73. The fourth-order valence-corrected chi connectivity index (χ4v) is 2.66. The molecular formula is C24H21N3O6. The molecule has 9 nitrogen and oxygen atoms in total. The summed E-state index contributed by atoms with van der Waals surface area (Å²) in [6.07, 6.45) is 1.32. The standard InChI is InChI=1S/C24H21N3O6/c1-31-19-11-9-17(10-12-19)24(30)33-21-8-3-5-16(13-21)15-25-27-23(29)22(28)26-18-6-4-7-20(14-18)32-2/h3-15H,1-2H3,(H,26,28)(H,27,29)/b25-15+. The van der Waals surface area contributed by atoms with E-state index >= 15 is 0 Å². The van der Waals surface area contributed by atoms with Crippen LogP contribution in [-0.4, -0.2) is 38.2 Å². The third-order valence-electron chi connectivity index (χ3n) is 4.31. The van der Waals surface area contributed by atoms with Crippen molar-refractivity contribution in [1.82, 2.24) is 5.43 Å². The molecule has 0 aliphatic heterocycles. The van der Waals surface area contributed by atoms with Crippen LogP contribution in [0.3, 0.4) is 0 Å². The number of amides is 2. The number of ether oxygens (including phenoxy) is 3. The molecule has 0 heterocycles. The summed E-state index contributed by atoms with van der Waals surface area (Å²) in [7, 11) is 3.04. The Morgan fingerprint density at radius 1 is 0.788 bits per heavy atom. The number of rotatable bonds is 7. The van der Waals surface area contributed by atoms with Gasteiger partial charge in [-0.15, -0.1) is 0 Å². The zero-order valence-electron chi connectivity index (χ0n) is 17.9. The van der Waals surface area contributed by atoms with Crippen molar-refractivity contribution in [3.8, 4) is 17.2 Å². The lowest BCUT2D eigenvalue weighted by molar-refractivity contribution is -0.136. The average molecular weight is 447 g/mol. The number of hydrogen-bond donors (Lipinski definition) is 2. The molecule has 0 unspecified atom stereocenters. The molecule has 33 heavy (non-hydrogen) atoms. The van der Waals surface area contributed by atoms with Crippen LogP contribution in [0.25, 0.3) is 0 Å².